The summed E-state index contributed by atoms with van der Waals surface area (Å²) in [4.78, 5) is 14.8. The first-order valence-electron chi connectivity index (χ1n) is 9.98. The second-order valence-corrected chi connectivity index (χ2v) is 7.59. The van der Waals surface area contributed by atoms with Crippen molar-refractivity contribution in [2.24, 2.45) is 0 Å². The van der Waals surface area contributed by atoms with Gasteiger partial charge in [-0.15, -0.1) is 0 Å². The Labute approximate surface area is 197 Å². The van der Waals surface area contributed by atoms with Gasteiger partial charge in [-0.1, -0.05) is 23.7 Å². The van der Waals surface area contributed by atoms with E-state index in [1.807, 2.05) is 0 Å². The Kier molecular flexibility index (Phi) is 6.93. The van der Waals surface area contributed by atoms with Gasteiger partial charge in [-0.05, 0) is 72.3 Å². The number of hydrogen-bond acceptors (Lipinski definition) is 4. The molecule has 10 heteroatoms. The standard InChI is InChI=1S/C24H17ClF4N2O3/c25-15-3-1-2-14(12-15)21-13-20(30-16-4-8-18(9-5-16)33-23(26)27)22(32)31(21)17-6-10-19(11-7-17)34-24(28)29/h1-13,21,23-24,30H. The number of alkyl halides is 4. The number of carbonyl (C=O) groups excluding carboxylic acids is 1. The highest BCUT2D eigenvalue weighted by Crippen LogP contribution is 2.37. The zero-order valence-electron chi connectivity index (χ0n) is 17.3. The molecule has 0 spiro atoms. The van der Waals surface area contributed by atoms with E-state index in [1.165, 1.54) is 53.4 Å². The fourth-order valence-electron chi connectivity index (χ4n) is 3.53. The van der Waals surface area contributed by atoms with Crippen molar-refractivity contribution >= 4 is 28.9 Å². The van der Waals surface area contributed by atoms with E-state index in [9.17, 15) is 22.4 Å². The maximum absolute atomic E-state index is 13.3. The molecule has 1 aliphatic heterocycles. The summed E-state index contributed by atoms with van der Waals surface area (Å²) >= 11 is 6.15. The maximum atomic E-state index is 13.3. The Balaban J connectivity index is 1.63. The number of amides is 1. The molecule has 1 unspecified atom stereocenters. The molecule has 1 atom stereocenters. The van der Waals surface area contributed by atoms with E-state index in [0.717, 1.165) is 5.56 Å². The predicted octanol–water partition coefficient (Wildman–Crippen LogP) is 6.63. The topological polar surface area (TPSA) is 50.8 Å². The molecule has 3 aromatic carbocycles. The Morgan fingerprint density at radius 2 is 1.44 bits per heavy atom. The average molecular weight is 493 g/mol. The molecule has 3 aromatic rings. The quantitative estimate of drug-likeness (QED) is 0.359. The molecule has 0 fully saturated rings. The Bertz CT molecular complexity index is 1190. The van der Waals surface area contributed by atoms with Gasteiger partial charge in [-0.2, -0.15) is 17.6 Å². The van der Waals surface area contributed by atoms with Crippen molar-refractivity contribution in [2.45, 2.75) is 19.3 Å². The van der Waals surface area contributed by atoms with E-state index in [-0.39, 0.29) is 23.1 Å². The largest absolute Gasteiger partial charge is 0.435 e. The number of halogens is 5. The summed E-state index contributed by atoms with van der Waals surface area (Å²) in [6.45, 7) is -5.91. The summed E-state index contributed by atoms with van der Waals surface area (Å²) in [7, 11) is 0. The summed E-state index contributed by atoms with van der Waals surface area (Å²) in [6.07, 6.45) is 1.70. The molecule has 34 heavy (non-hydrogen) atoms. The minimum atomic E-state index is -2.96. The molecule has 176 valence electrons. The zero-order valence-corrected chi connectivity index (χ0v) is 18.1. The third-order valence-corrected chi connectivity index (χ3v) is 5.18. The van der Waals surface area contributed by atoms with Gasteiger partial charge in [0.1, 0.15) is 17.2 Å². The minimum Gasteiger partial charge on any atom is -0.435 e. The molecule has 1 heterocycles. The van der Waals surface area contributed by atoms with Crippen molar-refractivity contribution in [2.75, 3.05) is 10.2 Å². The molecule has 0 radical (unpaired) electrons. The lowest BCUT2D eigenvalue weighted by Gasteiger charge is -2.25. The highest BCUT2D eigenvalue weighted by atomic mass is 35.5. The van der Waals surface area contributed by atoms with E-state index < -0.39 is 19.3 Å². The van der Waals surface area contributed by atoms with Gasteiger partial charge < -0.3 is 14.8 Å². The molecule has 0 aliphatic carbocycles. The van der Waals surface area contributed by atoms with Gasteiger partial charge in [0.25, 0.3) is 5.91 Å². The molecule has 5 nitrogen and oxygen atoms in total. The molecule has 0 bridgehead atoms. The predicted molar refractivity (Wildman–Crippen MR) is 120 cm³/mol. The number of hydrogen-bond donors (Lipinski definition) is 1. The average Bonchev–Trinajstić information content (AvgIpc) is 3.11. The number of rotatable bonds is 8. The first kappa shape index (κ1) is 23.4. The van der Waals surface area contributed by atoms with Crippen LogP contribution in [0.1, 0.15) is 11.6 Å². The Morgan fingerprint density at radius 3 is 2.00 bits per heavy atom. The molecular weight excluding hydrogens is 476 g/mol. The van der Waals surface area contributed by atoms with Gasteiger partial charge in [0.2, 0.25) is 0 Å². The second kappa shape index (κ2) is 10.0. The molecule has 0 saturated heterocycles. The molecule has 0 aromatic heterocycles. The van der Waals surface area contributed by atoms with Gasteiger partial charge in [0, 0.05) is 16.4 Å². The SMILES string of the molecule is O=C1C(Nc2ccc(OC(F)F)cc2)=CC(c2cccc(Cl)c2)N1c1ccc(OC(F)F)cc1. The smallest absolute Gasteiger partial charge is 0.387 e. The number of anilines is 2. The van der Waals surface area contributed by atoms with Gasteiger partial charge in [0.15, 0.2) is 0 Å². The summed E-state index contributed by atoms with van der Waals surface area (Å²) in [5.74, 6) is -0.445. The summed E-state index contributed by atoms with van der Waals surface area (Å²) in [5.41, 5.74) is 1.89. The van der Waals surface area contributed by atoms with Crippen molar-refractivity contribution in [3.8, 4) is 11.5 Å². The van der Waals surface area contributed by atoms with Crippen LogP contribution in [-0.2, 0) is 4.79 Å². The number of benzene rings is 3. The van der Waals surface area contributed by atoms with E-state index in [2.05, 4.69) is 14.8 Å². The van der Waals surface area contributed by atoms with Gasteiger partial charge in [0.05, 0.1) is 6.04 Å². The molecular formula is C24H17ClF4N2O3. The zero-order chi connectivity index (χ0) is 24.2. The van der Waals surface area contributed by atoms with E-state index in [0.29, 0.717) is 16.4 Å². The van der Waals surface area contributed by atoms with E-state index in [4.69, 9.17) is 11.6 Å². The fourth-order valence-corrected chi connectivity index (χ4v) is 3.73. The van der Waals surface area contributed by atoms with Gasteiger partial charge >= 0.3 is 13.2 Å². The third kappa shape index (κ3) is 5.43. The fraction of sp³-hybridized carbons (Fsp3) is 0.125. The van der Waals surface area contributed by atoms with Crippen LogP contribution in [0.2, 0.25) is 5.02 Å². The van der Waals surface area contributed by atoms with Crippen molar-refractivity contribution in [3.05, 3.63) is 95.2 Å². The molecule has 1 aliphatic rings. The minimum absolute atomic E-state index is 0.0168. The monoisotopic (exact) mass is 492 g/mol. The van der Waals surface area contributed by atoms with Crippen LogP contribution in [0.25, 0.3) is 0 Å². The Morgan fingerprint density at radius 1 is 0.853 bits per heavy atom. The lowest BCUT2D eigenvalue weighted by atomic mass is 10.1. The molecule has 1 amide bonds. The summed E-state index contributed by atoms with van der Waals surface area (Å²) in [5, 5.41) is 3.47. The first-order chi connectivity index (χ1) is 16.3. The lowest BCUT2D eigenvalue weighted by Crippen LogP contribution is -2.30. The third-order valence-electron chi connectivity index (χ3n) is 4.94. The van der Waals surface area contributed by atoms with Crippen LogP contribution in [0.3, 0.4) is 0 Å². The lowest BCUT2D eigenvalue weighted by molar-refractivity contribution is -0.114. The van der Waals surface area contributed by atoms with Crippen LogP contribution < -0.4 is 19.7 Å². The highest BCUT2D eigenvalue weighted by Gasteiger charge is 2.35. The number of nitrogens with one attached hydrogen (secondary N) is 1. The van der Waals surface area contributed by atoms with Crippen LogP contribution in [-0.4, -0.2) is 19.1 Å². The van der Waals surface area contributed by atoms with E-state index >= 15 is 0 Å². The highest BCUT2D eigenvalue weighted by molar-refractivity contribution is 6.30. The van der Waals surface area contributed by atoms with Crippen molar-refractivity contribution in [3.63, 3.8) is 0 Å². The van der Waals surface area contributed by atoms with Gasteiger partial charge in [-0.3, -0.25) is 9.69 Å². The maximum Gasteiger partial charge on any atom is 0.387 e. The van der Waals surface area contributed by atoms with Crippen LogP contribution in [0.5, 0.6) is 11.5 Å². The first-order valence-corrected chi connectivity index (χ1v) is 10.4. The van der Waals surface area contributed by atoms with Crippen LogP contribution >= 0.6 is 11.6 Å². The normalized spacial score (nSPS) is 15.6. The summed E-state index contributed by atoms with van der Waals surface area (Å²) < 4.78 is 58.4. The van der Waals surface area contributed by atoms with Crippen molar-refractivity contribution < 1.29 is 31.8 Å². The van der Waals surface area contributed by atoms with Crippen molar-refractivity contribution in [1.82, 2.24) is 0 Å². The van der Waals surface area contributed by atoms with Crippen LogP contribution in [0.4, 0.5) is 28.9 Å². The number of carbonyl (C=O) groups is 1. The van der Waals surface area contributed by atoms with Crippen LogP contribution in [0, 0.1) is 0 Å². The van der Waals surface area contributed by atoms with Crippen molar-refractivity contribution in [1.29, 1.82) is 0 Å². The summed E-state index contributed by atoms with van der Waals surface area (Å²) in [6, 6.07) is 17.8. The van der Waals surface area contributed by atoms with E-state index in [1.54, 1.807) is 30.3 Å². The second-order valence-electron chi connectivity index (χ2n) is 7.16. The number of ether oxygens (including phenoxy) is 2. The van der Waals surface area contributed by atoms with Gasteiger partial charge in [-0.25, -0.2) is 0 Å². The van der Waals surface area contributed by atoms with Crippen LogP contribution in [0.15, 0.2) is 84.6 Å². The molecule has 1 N–H and O–H groups in total. The number of nitrogens with zero attached hydrogens (tertiary/aromatic N) is 1. The molecule has 0 saturated carbocycles. The Hall–Kier alpha value is -3.72. The molecule has 4 rings (SSSR count).